The lowest BCUT2D eigenvalue weighted by atomic mass is 10.1. The molecule has 0 unspecified atom stereocenters. The molecule has 0 spiro atoms. The second-order valence-electron chi connectivity index (χ2n) is 2.91. The van der Waals surface area contributed by atoms with Gasteiger partial charge >= 0.3 is 0 Å². The molecule has 0 fully saturated rings. The zero-order valence-corrected chi connectivity index (χ0v) is 7.07. The Balaban J connectivity index is 2.72. The number of anilines is 1. The van der Waals surface area contributed by atoms with Crippen LogP contribution in [0.4, 0.5) is 5.82 Å². The fraction of sp³-hybridized carbons (Fsp3) is 0.100. The van der Waals surface area contributed by atoms with E-state index in [1.54, 1.807) is 6.20 Å². The predicted molar refractivity (Wildman–Crippen MR) is 52.1 cm³/mol. The number of pyridine rings is 1. The van der Waals surface area contributed by atoms with Gasteiger partial charge in [0.05, 0.1) is 6.61 Å². The minimum Gasteiger partial charge on any atom is -0.392 e. The Morgan fingerprint density at radius 2 is 2.15 bits per heavy atom. The number of aromatic nitrogens is 1. The van der Waals surface area contributed by atoms with E-state index in [0.717, 1.165) is 16.3 Å². The van der Waals surface area contributed by atoms with E-state index in [-0.39, 0.29) is 6.61 Å². The van der Waals surface area contributed by atoms with Gasteiger partial charge in [-0.05, 0) is 23.1 Å². The molecule has 0 atom stereocenters. The van der Waals surface area contributed by atoms with Crippen LogP contribution in [0.5, 0.6) is 0 Å². The largest absolute Gasteiger partial charge is 0.392 e. The van der Waals surface area contributed by atoms with E-state index in [1.165, 1.54) is 0 Å². The molecule has 0 amide bonds. The lowest BCUT2D eigenvalue weighted by Crippen LogP contribution is -1.91. The molecule has 13 heavy (non-hydrogen) atoms. The van der Waals surface area contributed by atoms with Gasteiger partial charge in [-0.1, -0.05) is 12.1 Å². The van der Waals surface area contributed by atoms with Crippen LogP contribution in [0, 0.1) is 0 Å². The number of nitrogens with zero attached hydrogens (tertiary/aromatic N) is 1. The van der Waals surface area contributed by atoms with Crippen molar-refractivity contribution in [3.05, 3.63) is 36.0 Å². The molecule has 2 rings (SSSR count). The van der Waals surface area contributed by atoms with E-state index in [1.807, 2.05) is 24.3 Å². The molecule has 2 aromatic rings. The fourth-order valence-electron chi connectivity index (χ4n) is 1.35. The molecule has 0 aliphatic rings. The average molecular weight is 174 g/mol. The molecule has 1 aromatic heterocycles. The van der Waals surface area contributed by atoms with Crippen LogP contribution in [-0.4, -0.2) is 10.1 Å². The SMILES string of the molecule is Nc1nccc2cc(CO)ccc12. The number of benzene rings is 1. The zero-order valence-electron chi connectivity index (χ0n) is 7.07. The normalized spacial score (nSPS) is 10.5. The topological polar surface area (TPSA) is 59.1 Å². The Hall–Kier alpha value is -1.61. The van der Waals surface area contributed by atoms with Gasteiger partial charge in [0.2, 0.25) is 0 Å². The number of aliphatic hydroxyl groups is 1. The number of nitrogen functional groups attached to an aromatic ring is 1. The van der Waals surface area contributed by atoms with E-state index in [0.29, 0.717) is 5.82 Å². The molecule has 66 valence electrons. The number of hydrogen-bond acceptors (Lipinski definition) is 3. The number of nitrogens with two attached hydrogens (primary N) is 1. The molecule has 1 heterocycles. The number of fused-ring (bicyclic) bond motifs is 1. The van der Waals surface area contributed by atoms with Crippen LogP contribution in [0.3, 0.4) is 0 Å². The molecular weight excluding hydrogens is 164 g/mol. The van der Waals surface area contributed by atoms with Crippen LogP contribution in [0.2, 0.25) is 0 Å². The summed E-state index contributed by atoms with van der Waals surface area (Å²) in [7, 11) is 0. The molecule has 3 nitrogen and oxygen atoms in total. The van der Waals surface area contributed by atoms with Gasteiger partial charge in [-0.2, -0.15) is 0 Å². The first-order valence-electron chi connectivity index (χ1n) is 4.05. The maximum atomic E-state index is 8.92. The van der Waals surface area contributed by atoms with Gasteiger partial charge in [0, 0.05) is 11.6 Å². The van der Waals surface area contributed by atoms with Gasteiger partial charge in [0.15, 0.2) is 0 Å². The third kappa shape index (κ3) is 1.34. The van der Waals surface area contributed by atoms with Crippen LogP contribution in [-0.2, 0) is 6.61 Å². The summed E-state index contributed by atoms with van der Waals surface area (Å²) in [5.41, 5.74) is 6.56. The minimum atomic E-state index is 0.0537. The molecular formula is C10H10N2O. The molecule has 3 heteroatoms. The molecule has 0 aliphatic heterocycles. The maximum absolute atomic E-state index is 8.92. The van der Waals surface area contributed by atoms with Crippen molar-refractivity contribution in [1.82, 2.24) is 4.98 Å². The third-order valence-electron chi connectivity index (χ3n) is 2.04. The summed E-state index contributed by atoms with van der Waals surface area (Å²) in [6.07, 6.45) is 1.67. The van der Waals surface area contributed by atoms with Gasteiger partial charge < -0.3 is 10.8 Å². The smallest absolute Gasteiger partial charge is 0.131 e. The fourth-order valence-corrected chi connectivity index (χ4v) is 1.35. The number of hydrogen-bond donors (Lipinski definition) is 2. The van der Waals surface area contributed by atoms with Gasteiger partial charge in [0.25, 0.3) is 0 Å². The highest BCUT2D eigenvalue weighted by Gasteiger charge is 1.98. The molecule has 3 N–H and O–H groups in total. The Bertz CT molecular complexity index is 440. The first-order chi connectivity index (χ1) is 6.31. The van der Waals surface area contributed by atoms with Crippen molar-refractivity contribution in [1.29, 1.82) is 0 Å². The van der Waals surface area contributed by atoms with Gasteiger partial charge in [-0.3, -0.25) is 0 Å². The van der Waals surface area contributed by atoms with Crippen molar-refractivity contribution < 1.29 is 5.11 Å². The van der Waals surface area contributed by atoms with Crippen molar-refractivity contribution in [3.8, 4) is 0 Å². The predicted octanol–water partition coefficient (Wildman–Crippen LogP) is 1.31. The highest BCUT2D eigenvalue weighted by molar-refractivity contribution is 5.91. The van der Waals surface area contributed by atoms with Crippen LogP contribution >= 0.6 is 0 Å². The van der Waals surface area contributed by atoms with Crippen molar-refractivity contribution >= 4 is 16.6 Å². The summed E-state index contributed by atoms with van der Waals surface area (Å²) in [6.45, 7) is 0.0537. The van der Waals surface area contributed by atoms with E-state index in [9.17, 15) is 0 Å². The Morgan fingerprint density at radius 1 is 1.31 bits per heavy atom. The minimum absolute atomic E-state index is 0.0537. The van der Waals surface area contributed by atoms with Crippen molar-refractivity contribution in [2.24, 2.45) is 0 Å². The van der Waals surface area contributed by atoms with Crippen molar-refractivity contribution in [2.75, 3.05) is 5.73 Å². The number of aliphatic hydroxyl groups excluding tert-OH is 1. The Labute approximate surface area is 75.8 Å². The summed E-state index contributed by atoms with van der Waals surface area (Å²) in [4.78, 5) is 3.98. The van der Waals surface area contributed by atoms with Gasteiger partial charge in [0.1, 0.15) is 5.82 Å². The van der Waals surface area contributed by atoms with E-state index in [4.69, 9.17) is 10.8 Å². The molecule has 0 saturated heterocycles. The first kappa shape index (κ1) is 8.01. The summed E-state index contributed by atoms with van der Waals surface area (Å²) in [5.74, 6) is 0.530. The van der Waals surface area contributed by atoms with Crippen LogP contribution in [0.15, 0.2) is 30.5 Å². The van der Waals surface area contributed by atoms with Crippen LogP contribution < -0.4 is 5.73 Å². The quantitative estimate of drug-likeness (QED) is 0.685. The molecule has 0 bridgehead atoms. The molecule has 0 radical (unpaired) electrons. The first-order valence-corrected chi connectivity index (χ1v) is 4.05. The Morgan fingerprint density at radius 3 is 2.92 bits per heavy atom. The van der Waals surface area contributed by atoms with Crippen LogP contribution in [0.25, 0.3) is 10.8 Å². The lowest BCUT2D eigenvalue weighted by Gasteiger charge is -2.02. The highest BCUT2D eigenvalue weighted by Crippen LogP contribution is 2.19. The summed E-state index contributed by atoms with van der Waals surface area (Å²) >= 11 is 0. The molecule has 1 aromatic carbocycles. The van der Waals surface area contributed by atoms with Gasteiger partial charge in [-0.15, -0.1) is 0 Å². The summed E-state index contributed by atoms with van der Waals surface area (Å²) in [5, 5.41) is 10.9. The molecule has 0 saturated carbocycles. The second-order valence-corrected chi connectivity index (χ2v) is 2.91. The average Bonchev–Trinajstić information content (AvgIpc) is 2.18. The zero-order chi connectivity index (χ0) is 9.26. The number of rotatable bonds is 1. The van der Waals surface area contributed by atoms with Crippen LogP contribution in [0.1, 0.15) is 5.56 Å². The van der Waals surface area contributed by atoms with E-state index in [2.05, 4.69) is 4.98 Å². The summed E-state index contributed by atoms with van der Waals surface area (Å²) < 4.78 is 0. The lowest BCUT2D eigenvalue weighted by molar-refractivity contribution is 0.282. The van der Waals surface area contributed by atoms with E-state index >= 15 is 0 Å². The highest BCUT2D eigenvalue weighted by atomic mass is 16.3. The van der Waals surface area contributed by atoms with E-state index < -0.39 is 0 Å². The second kappa shape index (κ2) is 3.03. The standard InChI is InChI=1S/C10H10N2O/c11-10-9-2-1-7(6-13)5-8(9)3-4-12-10/h1-5,13H,6H2,(H2,11,12). The Kier molecular flexibility index (Phi) is 1.87. The third-order valence-corrected chi connectivity index (χ3v) is 2.04. The van der Waals surface area contributed by atoms with Crippen molar-refractivity contribution in [3.63, 3.8) is 0 Å². The monoisotopic (exact) mass is 174 g/mol. The van der Waals surface area contributed by atoms with Crippen molar-refractivity contribution in [2.45, 2.75) is 6.61 Å². The molecule has 0 aliphatic carbocycles. The maximum Gasteiger partial charge on any atom is 0.131 e. The van der Waals surface area contributed by atoms with Gasteiger partial charge in [-0.25, -0.2) is 4.98 Å². The summed E-state index contributed by atoms with van der Waals surface area (Å²) in [6, 6.07) is 7.52.